The third kappa shape index (κ3) is 2.54. The molecule has 1 N–H and O–H groups in total. The van der Waals surface area contributed by atoms with E-state index in [4.69, 9.17) is 18.9 Å². The van der Waals surface area contributed by atoms with Gasteiger partial charge in [0.15, 0.2) is 11.5 Å². The Bertz CT molecular complexity index is 1020. The zero-order valence-corrected chi connectivity index (χ0v) is 15.5. The normalized spacial score (nSPS) is 15.4. The van der Waals surface area contributed by atoms with E-state index in [1.54, 1.807) is 33.5 Å². The first-order chi connectivity index (χ1) is 13.1. The first kappa shape index (κ1) is 17.1. The van der Waals surface area contributed by atoms with E-state index in [9.17, 15) is 4.79 Å². The van der Waals surface area contributed by atoms with Gasteiger partial charge in [-0.15, -0.1) is 0 Å². The lowest BCUT2D eigenvalue weighted by atomic mass is 10.1. The summed E-state index contributed by atoms with van der Waals surface area (Å²) in [5.41, 5.74) is 3.05. The number of para-hydroxylation sites is 1. The number of fused-ring (bicyclic) bond motifs is 3. The van der Waals surface area contributed by atoms with Gasteiger partial charge in [0.25, 0.3) is 0 Å². The molecule has 1 aliphatic heterocycles. The molecule has 140 valence electrons. The molecule has 0 fully saturated rings. The van der Waals surface area contributed by atoms with E-state index >= 15 is 0 Å². The van der Waals surface area contributed by atoms with Gasteiger partial charge in [-0.05, 0) is 6.07 Å². The molecule has 3 aromatic rings. The monoisotopic (exact) mass is 368 g/mol. The number of nitrogens with one attached hydrogen (secondary N) is 1. The van der Waals surface area contributed by atoms with Gasteiger partial charge in [-0.3, -0.25) is 0 Å². The second kappa shape index (κ2) is 6.42. The smallest absolute Gasteiger partial charge is 0.357 e. The number of cyclic esters (lactones) is 1. The second-order valence-electron chi connectivity index (χ2n) is 6.18. The van der Waals surface area contributed by atoms with Crippen LogP contribution in [0.15, 0.2) is 36.4 Å². The lowest BCUT2D eigenvalue weighted by molar-refractivity contribution is 0.0431. The van der Waals surface area contributed by atoms with Crippen molar-refractivity contribution in [1.29, 1.82) is 0 Å². The molecule has 0 saturated heterocycles. The molecule has 0 radical (unpaired) electrons. The summed E-state index contributed by atoms with van der Waals surface area (Å²) in [4.78, 5) is 12.5. The number of anilines is 1. The number of aromatic nitrogens is 1. The lowest BCUT2D eigenvalue weighted by Gasteiger charge is -2.18. The number of nitrogens with zero attached hydrogens (tertiary/aromatic N) is 1. The Balaban J connectivity index is 1.78. The molecule has 4 rings (SSSR count). The molecular formula is C20H20N2O5. The lowest BCUT2D eigenvalue weighted by Crippen LogP contribution is -2.11. The van der Waals surface area contributed by atoms with Crippen molar-refractivity contribution in [3.63, 3.8) is 0 Å². The van der Waals surface area contributed by atoms with Crippen molar-refractivity contribution in [1.82, 2.24) is 4.57 Å². The van der Waals surface area contributed by atoms with Gasteiger partial charge in [0.2, 0.25) is 12.0 Å². The highest BCUT2D eigenvalue weighted by atomic mass is 16.6. The van der Waals surface area contributed by atoms with E-state index in [0.717, 1.165) is 16.5 Å². The summed E-state index contributed by atoms with van der Waals surface area (Å²) in [5.74, 6) is 1.18. The second-order valence-corrected chi connectivity index (χ2v) is 6.18. The van der Waals surface area contributed by atoms with Crippen LogP contribution >= 0.6 is 0 Å². The van der Waals surface area contributed by atoms with E-state index in [0.29, 0.717) is 28.6 Å². The van der Waals surface area contributed by atoms with Gasteiger partial charge in [0.1, 0.15) is 5.69 Å². The third-order valence-corrected chi connectivity index (χ3v) is 4.79. The quantitative estimate of drug-likeness (QED) is 0.695. The van der Waals surface area contributed by atoms with Gasteiger partial charge in [0, 0.05) is 35.8 Å². The fourth-order valence-electron chi connectivity index (χ4n) is 3.57. The molecule has 2 heterocycles. The minimum Gasteiger partial charge on any atom is -0.493 e. The predicted molar refractivity (Wildman–Crippen MR) is 101 cm³/mol. The van der Waals surface area contributed by atoms with Crippen LogP contribution in [0.4, 0.5) is 5.69 Å². The summed E-state index contributed by atoms with van der Waals surface area (Å²) in [6.45, 7) is 0. The van der Waals surface area contributed by atoms with Crippen LogP contribution in [0.5, 0.6) is 17.2 Å². The van der Waals surface area contributed by atoms with Crippen molar-refractivity contribution in [2.24, 2.45) is 7.05 Å². The standard InChI is InChI=1S/C20H20N2O5/c1-22-13-8-6-5-7-12(13)16-17(22)20(23)27-19(16)21-11-9-14(24-2)18(26-4)15(10-11)25-3/h5-10,19,21H,1-4H3/t19-/m1/s1. The average molecular weight is 368 g/mol. The van der Waals surface area contributed by atoms with E-state index in [1.807, 2.05) is 35.9 Å². The maximum atomic E-state index is 12.5. The fraction of sp³-hybridized carbons (Fsp3) is 0.250. The predicted octanol–water partition coefficient (Wildman–Crippen LogP) is 3.49. The molecule has 0 saturated carbocycles. The first-order valence-corrected chi connectivity index (χ1v) is 8.43. The Morgan fingerprint density at radius 3 is 2.33 bits per heavy atom. The Labute approximate surface area is 156 Å². The topological polar surface area (TPSA) is 71.0 Å². The maximum Gasteiger partial charge on any atom is 0.357 e. The molecule has 1 aliphatic rings. The molecule has 7 heteroatoms. The SMILES string of the molecule is COc1cc(N[C@@H]2OC(=O)c3c2c2ccccc2n3C)cc(OC)c1OC. The van der Waals surface area contributed by atoms with Crippen molar-refractivity contribution in [3.8, 4) is 17.2 Å². The molecule has 2 aromatic carbocycles. The zero-order valence-electron chi connectivity index (χ0n) is 15.5. The van der Waals surface area contributed by atoms with Gasteiger partial charge in [-0.1, -0.05) is 18.2 Å². The number of aryl methyl sites for hydroxylation is 1. The van der Waals surface area contributed by atoms with Crippen LogP contribution in [0.1, 0.15) is 22.3 Å². The minimum atomic E-state index is -0.610. The molecule has 0 unspecified atom stereocenters. The van der Waals surface area contributed by atoms with E-state index in [1.165, 1.54) is 0 Å². The van der Waals surface area contributed by atoms with Gasteiger partial charge < -0.3 is 28.8 Å². The molecule has 1 atom stereocenters. The number of rotatable bonds is 5. The summed E-state index contributed by atoms with van der Waals surface area (Å²) in [6, 6.07) is 11.4. The summed E-state index contributed by atoms with van der Waals surface area (Å²) < 4.78 is 23.6. The van der Waals surface area contributed by atoms with Gasteiger partial charge in [-0.25, -0.2) is 4.79 Å². The number of ether oxygens (including phenoxy) is 4. The van der Waals surface area contributed by atoms with Crippen LogP contribution in [0.3, 0.4) is 0 Å². The maximum absolute atomic E-state index is 12.5. The Morgan fingerprint density at radius 1 is 1.04 bits per heavy atom. The Kier molecular flexibility index (Phi) is 4.07. The van der Waals surface area contributed by atoms with Crippen molar-refractivity contribution >= 4 is 22.6 Å². The Hall–Kier alpha value is -3.35. The third-order valence-electron chi connectivity index (χ3n) is 4.79. The van der Waals surface area contributed by atoms with Crippen molar-refractivity contribution < 1.29 is 23.7 Å². The van der Waals surface area contributed by atoms with Crippen LogP contribution in [0.2, 0.25) is 0 Å². The highest BCUT2D eigenvalue weighted by Crippen LogP contribution is 2.43. The van der Waals surface area contributed by atoms with E-state index in [-0.39, 0.29) is 5.97 Å². The molecule has 0 amide bonds. The van der Waals surface area contributed by atoms with Crippen LogP contribution < -0.4 is 19.5 Å². The number of esters is 1. The van der Waals surface area contributed by atoms with Crippen molar-refractivity contribution in [2.75, 3.05) is 26.6 Å². The molecule has 0 spiro atoms. The largest absolute Gasteiger partial charge is 0.493 e. The number of hydrogen-bond acceptors (Lipinski definition) is 6. The number of benzene rings is 2. The summed E-state index contributed by atoms with van der Waals surface area (Å²) in [5, 5.41) is 4.24. The molecular weight excluding hydrogens is 348 g/mol. The van der Waals surface area contributed by atoms with E-state index < -0.39 is 6.23 Å². The molecule has 0 bridgehead atoms. The average Bonchev–Trinajstić information content (AvgIpc) is 3.17. The Morgan fingerprint density at radius 2 is 1.70 bits per heavy atom. The van der Waals surface area contributed by atoms with Crippen molar-refractivity contribution in [2.45, 2.75) is 6.23 Å². The highest BCUT2D eigenvalue weighted by Gasteiger charge is 2.37. The first-order valence-electron chi connectivity index (χ1n) is 8.43. The van der Waals surface area contributed by atoms with Crippen LogP contribution in [-0.2, 0) is 11.8 Å². The van der Waals surface area contributed by atoms with Gasteiger partial charge in [0.05, 0.1) is 26.9 Å². The summed E-state index contributed by atoms with van der Waals surface area (Å²) in [6.07, 6.45) is -0.610. The summed E-state index contributed by atoms with van der Waals surface area (Å²) in [7, 11) is 6.53. The highest BCUT2D eigenvalue weighted by molar-refractivity contribution is 6.02. The number of hydrogen-bond donors (Lipinski definition) is 1. The van der Waals surface area contributed by atoms with Gasteiger partial charge in [-0.2, -0.15) is 0 Å². The number of methoxy groups -OCH3 is 3. The number of carbonyl (C=O) groups is 1. The molecule has 27 heavy (non-hydrogen) atoms. The minimum absolute atomic E-state index is 0.353. The van der Waals surface area contributed by atoms with Gasteiger partial charge >= 0.3 is 5.97 Å². The fourth-order valence-corrected chi connectivity index (χ4v) is 3.57. The van der Waals surface area contributed by atoms with Crippen molar-refractivity contribution in [3.05, 3.63) is 47.7 Å². The van der Waals surface area contributed by atoms with Crippen LogP contribution in [0, 0.1) is 0 Å². The molecule has 0 aliphatic carbocycles. The summed E-state index contributed by atoms with van der Waals surface area (Å²) >= 11 is 0. The van der Waals surface area contributed by atoms with Crippen LogP contribution in [-0.4, -0.2) is 31.9 Å². The molecule has 7 nitrogen and oxygen atoms in total. The molecule has 1 aromatic heterocycles. The number of carbonyl (C=O) groups excluding carboxylic acids is 1. The van der Waals surface area contributed by atoms with Crippen LogP contribution in [0.25, 0.3) is 10.9 Å². The zero-order chi connectivity index (χ0) is 19.1. The van der Waals surface area contributed by atoms with E-state index in [2.05, 4.69) is 5.32 Å².